The number of amides is 1. The van der Waals surface area contributed by atoms with Crippen molar-refractivity contribution in [1.29, 1.82) is 0 Å². The molecule has 1 rings (SSSR count). The summed E-state index contributed by atoms with van der Waals surface area (Å²) in [7, 11) is 0. The van der Waals surface area contributed by atoms with Crippen molar-refractivity contribution in [2.45, 2.75) is 13.0 Å². The first kappa shape index (κ1) is 8.80. The van der Waals surface area contributed by atoms with Crippen LogP contribution in [0.5, 0.6) is 0 Å². The van der Waals surface area contributed by atoms with Crippen molar-refractivity contribution in [2.24, 2.45) is 5.73 Å². The Labute approximate surface area is 70.7 Å². The van der Waals surface area contributed by atoms with Crippen molar-refractivity contribution in [1.82, 2.24) is 5.32 Å². The van der Waals surface area contributed by atoms with Gasteiger partial charge in [0, 0.05) is 0 Å². The van der Waals surface area contributed by atoms with Crippen LogP contribution < -0.4 is 11.1 Å². The van der Waals surface area contributed by atoms with E-state index in [4.69, 9.17) is 10.2 Å². The van der Waals surface area contributed by atoms with E-state index in [1.54, 1.807) is 12.3 Å². The quantitative estimate of drug-likeness (QED) is 0.687. The molecule has 66 valence electrons. The lowest BCUT2D eigenvalue weighted by Crippen LogP contribution is -2.32. The second-order valence-electron chi connectivity index (χ2n) is 2.51. The molecule has 0 spiro atoms. The summed E-state index contributed by atoms with van der Waals surface area (Å²) in [6.45, 7) is 1.84. The minimum absolute atomic E-state index is 0.00501. The maximum Gasteiger partial charge on any atom is 0.234 e. The monoisotopic (exact) mass is 168 g/mol. The summed E-state index contributed by atoms with van der Waals surface area (Å²) in [6, 6.07) is 3.47. The van der Waals surface area contributed by atoms with E-state index in [1.807, 2.05) is 13.0 Å². The first-order valence-corrected chi connectivity index (χ1v) is 3.77. The van der Waals surface area contributed by atoms with Gasteiger partial charge in [0.05, 0.1) is 18.8 Å². The Morgan fingerprint density at radius 3 is 3.08 bits per heavy atom. The molecule has 1 heterocycles. The smallest absolute Gasteiger partial charge is 0.234 e. The lowest BCUT2D eigenvalue weighted by atomic mass is 10.2. The van der Waals surface area contributed by atoms with E-state index in [-0.39, 0.29) is 18.5 Å². The highest BCUT2D eigenvalue weighted by molar-refractivity contribution is 5.78. The molecule has 0 radical (unpaired) electrons. The Balaban J connectivity index is 2.49. The topological polar surface area (TPSA) is 68.3 Å². The molecule has 0 aliphatic rings. The second-order valence-corrected chi connectivity index (χ2v) is 2.51. The number of hydrogen-bond donors (Lipinski definition) is 2. The standard InChI is InChI=1S/C8H12N2O2/c1-6(10-8(11)5-9)7-3-2-4-12-7/h2-4,6H,5,9H2,1H3,(H,10,11)/t6-/m1/s1. The molecule has 0 aliphatic heterocycles. The molecule has 0 aliphatic carbocycles. The van der Waals surface area contributed by atoms with Crippen molar-refractivity contribution >= 4 is 5.91 Å². The van der Waals surface area contributed by atoms with Crippen LogP contribution in [0.2, 0.25) is 0 Å². The van der Waals surface area contributed by atoms with Gasteiger partial charge in [-0.05, 0) is 19.1 Å². The number of carbonyl (C=O) groups is 1. The summed E-state index contributed by atoms with van der Waals surface area (Å²) in [6.07, 6.45) is 1.57. The second kappa shape index (κ2) is 3.92. The number of carbonyl (C=O) groups excluding carboxylic acids is 1. The predicted molar refractivity (Wildman–Crippen MR) is 44.3 cm³/mol. The third kappa shape index (κ3) is 2.10. The van der Waals surface area contributed by atoms with Crippen molar-refractivity contribution in [3.8, 4) is 0 Å². The molecule has 0 saturated carbocycles. The highest BCUT2D eigenvalue weighted by Crippen LogP contribution is 2.11. The molecule has 0 saturated heterocycles. The average Bonchev–Trinajstić information content (AvgIpc) is 2.56. The van der Waals surface area contributed by atoms with Gasteiger partial charge < -0.3 is 15.5 Å². The normalized spacial score (nSPS) is 12.5. The molecule has 1 aromatic rings. The van der Waals surface area contributed by atoms with E-state index in [0.29, 0.717) is 0 Å². The zero-order valence-corrected chi connectivity index (χ0v) is 6.91. The number of nitrogens with two attached hydrogens (primary N) is 1. The van der Waals surface area contributed by atoms with Gasteiger partial charge in [-0.3, -0.25) is 4.79 Å². The van der Waals surface area contributed by atoms with E-state index in [1.165, 1.54) is 0 Å². The van der Waals surface area contributed by atoms with Crippen LogP contribution in [0, 0.1) is 0 Å². The highest BCUT2D eigenvalue weighted by atomic mass is 16.3. The van der Waals surface area contributed by atoms with Gasteiger partial charge in [0.2, 0.25) is 5.91 Å². The Hall–Kier alpha value is -1.29. The maximum atomic E-state index is 10.8. The van der Waals surface area contributed by atoms with Crippen molar-refractivity contribution < 1.29 is 9.21 Å². The Kier molecular flexibility index (Phi) is 2.88. The molecule has 12 heavy (non-hydrogen) atoms. The Morgan fingerprint density at radius 1 is 1.83 bits per heavy atom. The van der Waals surface area contributed by atoms with Gasteiger partial charge in [0.1, 0.15) is 5.76 Å². The van der Waals surface area contributed by atoms with Gasteiger partial charge >= 0.3 is 0 Å². The van der Waals surface area contributed by atoms with Gasteiger partial charge in [-0.2, -0.15) is 0 Å². The molecule has 0 bridgehead atoms. The summed E-state index contributed by atoms with van der Waals surface area (Å²) >= 11 is 0. The molecule has 1 amide bonds. The molecule has 4 nitrogen and oxygen atoms in total. The summed E-state index contributed by atoms with van der Waals surface area (Å²) in [4.78, 5) is 10.8. The molecule has 3 N–H and O–H groups in total. The SMILES string of the molecule is C[C@@H](NC(=O)CN)c1ccco1. The van der Waals surface area contributed by atoms with E-state index in [2.05, 4.69) is 5.32 Å². The fraction of sp³-hybridized carbons (Fsp3) is 0.375. The summed E-state index contributed by atoms with van der Waals surface area (Å²) < 4.78 is 5.09. The molecular weight excluding hydrogens is 156 g/mol. The van der Waals surface area contributed by atoms with Crippen molar-refractivity contribution in [3.05, 3.63) is 24.2 Å². The van der Waals surface area contributed by atoms with Crippen LogP contribution in [0.25, 0.3) is 0 Å². The van der Waals surface area contributed by atoms with Crippen LogP contribution in [-0.4, -0.2) is 12.5 Å². The van der Waals surface area contributed by atoms with Crippen LogP contribution in [0.15, 0.2) is 22.8 Å². The van der Waals surface area contributed by atoms with E-state index in [0.717, 1.165) is 5.76 Å². The number of nitrogens with one attached hydrogen (secondary N) is 1. The first-order valence-electron chi connectivity index (χ1n) is 3.77. The first-order chi connectivity index (χ1) is 5.74. The van der Waals surface area contributed by atoms with Gasteiger partial charge in [0.25, 0.3) is 0 Å². The fourth-order valence-corrected chi connectivity index (χ4v) is 0.909. The fourth-order valence-electron chi connectivity index (χ4n) is 0.909. The van der Waals surface area contributed by atoms with Crippen LogP contribution in [0.1, 0.15) is 18.7 Å². The minimum atomic E-state index is -0.182. The molecule has 0 fully saturated rings. The Morgan fingerprint density at radius 2 is 2.58 bits per heavy atom. The van der Waals surface area contributed by atoms with Gasteiger partial charge in [0.15, 0.2) is 0 Å². The van der Waals surface area contributed by atoms with Gasteiger partial charge in [-0.15, -0.1) is 0 Å². The van der Waals surface area contributed by atoms with Crippen LogP contribution in [0.3, 0.4) is 0 Å². The average molecular weight is 168 g/mol. The number of furan rings is 1. The predicted octanol–water partition coefficient (Wildman–Crippen LogP) is 0.416. The molecule has 0 unspecified atom stereocenters. The van der Waals surface area contributed by atoms with Crippen LogP contribution in [-0.2, 0) is 4.79 Å². The lowest BCUT2D eigenvalue weighted by Gasteiger charge is -2.09. The summed E-state index contributed by atoms with van der Waals surface area (Å²) in [5, 5.41) is 2.67. The van der Waals surface area contributed by atoms with Gasteiger partial charge in [-0.1, -0.05) is 0 Å². The molecule has 0 aromatic carbocycles. The summed E-state index contributed by atoms with van der Waals surface area (Å²) in [5.41, 5.74) is 5.13. The zero-order valence-electron chi connectivity index (χ0n) is 6.91. The molecule has 4 heteroatoms. The molecule has 1 atom stereocenters. The summed E-state index contributed by atoms with van der Waals surface area (Å²) in [5.74, 6) is 0.552. The maximum absolute atomic E-state index is 10.8. The van der Waals surface area contributed by atoms with E-state index < -0.39 is 0 Å². The minimum Gasteiger partial charge on any atom is -0.467 e. The third-order valence-corrected chi connectivity index (χ3v) is 1.53. The van der Waals surface area contributed by atoms with E-state index in [9.17, 15) is 4.79 Å². The highest BCUT2D eigenvalue weighted by Gasteiger charge is 2.09. The van der Waals surface area contributed by atoms with Gasteiger partial charge in [-0.25, -0.2) is 0 Å². The molecular formula is C8H12N2O2. The number of hydrogen-bond acceptors (Lipinski definition) is 3. The zero-order chi connectivity index (χ0) is 8.97. The largest absolute Gasteiger partial charge is 0.467 e. The number of rotatable bonds is 3. The van der Waals surface area contributed by atoms with E-state index >= 15 is 0 Å². The van der Waals surface area contributed by atoms with Crippen LogP contribution >= 0.6 is 0 Å². The molecule has 1 aromatic heterocycles. The lowest BCUT2D eigenvalue weighted by molar-refractivity contribution is -0.120. The van der Waals surface area contributed by atoms with Crippen molar-refractivity contribution in [3.63, 3.8) is 0 Å². The third-order valence-electron chi connectivity index (χ3n) is 1.53. The van der Waals surface area contributed by atoms with Crippen LogP contribution in [0.4, 0.5) is 0 Å². The van der Waals surface area contributed by atoms with Crippen molar-refractivity contribution in [2.75, 3.05) is 6.54 Å². The Bertz CT molecular complexity index is 244.